The van der Waals surface area contributed by atoms with Crippen LogP contribution in [0.1, 0.15) is 40.0 Å². The molecule has 0 aromatic heterocycles. The zero-order chi connectivity index (χ0) is 11.5. The molecule has 0 aliphatic rings. The summed E-state index contributed by atoms with van der Waals surface area (Å²) >= 11 is 0. The molecule has 0 aromatic carbocycles. The Morgan fingerprint density at radius 2 is 1.73 bits per heavy atom. The average Bonchev–Trinajstić information content (AvgIpc) is 2.17. The van der Waals surface area contributed by atoms with Gasteiger partial charge in [-0.15, -0.1) is 0 Å². The molecule has 0 aliphatic heterocycles. The minimum Gasteiger partial charge on any atom is -0.394 e. The van der Waals surface area contributed by atoms with E-state index >= 15 is 0 Å². The maximum atomic E-state index is 8.48. The van der Waals surface area contributed by atoms with E-state index in [1.807, 2.05) is 0 Å². The molecule has 1 N–H and O–H groups in total. The van der Waals surface area contributed by atoms with Crippen molar-refractivity contribution in [2.45, 2.75) is 46.1 Å². The second kappa shape index (κ2) is 10.4. The van der Waals surface area contributed by atoms with E-state index in [4.69, 9.17) is 14.6 Å². The van der Waals surface area contributed by atoms with Crippen LogP contribution in [0.2, 0.25) is 0 Å². The summed E-state index contributed by atoms with van der Waals surface area (Å²) < 4.78 is 10.7. The van der Waals surface area contributed by atoms with Gasteiger partial charge >= 0.3 is 0 Å². The van der Waals surface area contributed by atoms with Crippen molar-refractivity contribution >= 4 is 0 Å². The maximum absolute atomic E-state index is 8.48. The van der Waals surface area contributed by atoms with E-state index in [-0.39, 0.29) is 6.61 Å². The van der Waals surface area contributed by atoms with Gasteiger partial charge in [0.15, 0.2) is 0 Å². The molecule has 0 heterocycles. The van der Waals surface area contributed by atoms with Gasteiger partial charge in [0.25, 0.3) is 0 Å². The van der Waals surface area contributed by atoms with Crippen molar-refractivity contribution in [3.8, 4) is 0 Å². The lowest BCUT2D eigenvalue weighted by atomic mass is 10.0. The number of aliphatic hydroxyl groups excluding tert-OH is 1. The fourth-order valence-electron chi connectivity index (χ4n) is 1.37. The Hall–Kier alpha value is -0.120. The Morgan fingerprint density at radius 1 is 1.00 bits per heavy atom. The lowest BCUT2D eigenvalue weighted by Gasteiger charge is -2.13. The third kappa shape index (κ3) is 11.8. The molecule has 3 nitrogen and oxygen atoms in total. The molecule has 0 bridgehead atoms. The van der Waals surface area contributed by atoms with Crippen molar-refractivity contribution < 1.29 is 14.6 Å². The molecule has 0 aromatic rings. The third-order valence-electron chi connectivity index (χ3n) is 2.26. The van der Waals surface area contributed by atoms with Gasteiger partial charge in [0.1, 0.15) is 0 Å². The number of rotatable bonds is 10. The highest BCUT2D eigenvalue weighted by atomic mass is 16.5. The van der Waals surface area contributed by atoms with Gasteiger partial charge in [-0.1, -0.05) is 26.7 Å². The van der Waals surface area contributed by atoms with E-state index in [0.717, 1.165) is 12.3 Å². The van der Waals surface area contributed by atoms with Crippen molar-refractivity contribution in [3.05, 3.63) is 0 Å². The third-order valence-corrected chi connectivity index (χ3v) is 2.26. The van der Waals surface area contributed by atoms with Gasteiger partial charge in [-0.25, -0.2) is 0 Å². The van der Waals surface area contributed by atoms with E-state index < -0.39 is 0 Å². The predicted octanol–water partition coefficient (Wildman–Crippen LogP) is 2.23. The lowest BCUT2D eigenvalue weighted by molar-refractivity contribution is 0.000595. The summed E-state index contributed by atoms with van der Waals surface area (Å²) in [7, 11) is 0. The van der Waals surface area contributed by atoms with Crippen LogP contribution in [0.3, 0.4) is 0 Å². The fourth-order valence-corrected chi connectivity index (χ4v) is 1.37. The molecule has 15 heavy (non-hydrogen) atoms. The Morgan fingerprint density at radius 3 is 2.33 bits per heavy atom. The van der Waals surface area contributed by atoms with E-state index in [1.54, 1.807) is 0 Å². The number of hydrogen-bond donors (Lipinski definition) is 1. The first-order valence-corrected chi connectivity index (χ1v) is 5.97. The van der Waals surface area contributed by atoms with Gasteiger partial charge in [-0.3, -0.25) is 0 Å². The molecule has 3 heteroatoms. The number of ether oxygens (including phenoxy) is 2. The van der Waals surface area contributed by atoms with Crippen LogP contribution >= 0.6 is 0 Å². The van der Waals surface area contributed by atoms with E-state index in [0.29, 0.717) is 25.9 Å². The molecule has 0 spiro atoms. The topological polar surface area (TPSA) is 38.7 Å². The monoisotopic (exact) mass is 218 g/mol. The molecule has 0 rings (SSSR count). The van der Waals surface area contributed by atoms with Crippen LogP contribution in [0.25, 0.3) is 0 Å². The summed E-state index contributed by atoms with van der Waals surface area (Å²) in [6, 6.07) is 0. The molecular weight excluding hydrogens is 192 g/mol. The Balaban J connectivity index is 3.15. The summed E-state index contributed by atoms with van der Waals surface area (Å²) in [5.74, 6) is 0.782. The smallest absolute Gasteiger partial charge is 0.0704 e. The van der Waals surface area contributed by atoms with Crippen molar-refractivity contribution in [1.29, 1.82) is 0 Å². The van der Waals surface area contributed by atoms with Crippen molar-refractivity contribution in [2.24, 2.45) is 5.92 Å². The summed E-state index contributed by atoms with van der Waals surface area (Å²) in [6.45, 7) is 8.29. The summed E-state index contributed by atoms with van der Waals surface area (Å²) in [5, 5.41) is 8.48. The Labute approximate surface area is 93.8 Å². The minimum absolute atomic E-state index is 0.0872. The second-order valence-electron chi connectivity index (χ2n) is 4.34. The van der Waals surface area contributed by atoms with Crippen molar-refractivity contribution in [3.63, 3.8) is 0 Å². The van der Waals surface area contributed by atoms with Crippen LogP contribution in [-0.4, -0.2) is 37.6 Å². The van der Waals surface area contributed by atoms with E-state index in [1.165, 1.54) is 12.8 Å². The van der Waals surface area contributed by atoms with Crippen LogP contribution < -0.4 is 0 Å². The highest BCUT2D eigenvalue weighted by Gasteiger charge is 2.02. The summed E-state index contributed by atoms with van der Waals surface area (Å²) in [4.78, 5) is 0. The van der Waals surface area contributed by atoms with Crippen LogP contribution in [0.5, 0.6) is 0 Å². The largest absolute Gasteiger partial charge is 0.394 e. The second-order valence-corrected chi connectivity index (χ2v) is 4.34. The van der Waals surface area contributed by atoms with Gasteiger partial charge in [0.2, 0.25) is 0 Å². The summed E-state index contributed by atoms with van der Waals surface area (Å²) in [6.07, 6.45) is 3.95. The molecule has 92 valence electrons. The Kier molecular flexibility index (Phi) is 10.3. The van der Waals surface area contributed by atoms with Crippen molar-refractivity contribution in [2.75, 3.05) is 26.4 Å². The van der Waals surface area contributed by atoms with Gasteiger partial charge in [-0.2, -0.15) is 0 Å². The van der Waals surface area contributed by atoms with Gasteiger partial charge in [-0.05, 0) is 19.3 Å². The van der Waals surface area contributed by atoms with Crippen LogP contribution in [0.15, 0.2) is 0 Å². The van der Waals surface area contributed by atoms with Crippen LogP contribution in [0.4, 0.5) is 0 Å². The highest BCUT2D eigenvalue weighted by molar-refractivity contribution is 4.53. The zero-order valence-corrected chi connectivity index (χ0v) is 10.4. The standard InChI is InChI=1S/C12H26O3/c1-11(2)5-4-6-12(3)15-10-9-14-8-7-13/h11-13H,4-10H2,1-3H3. The molecule has 0 aliphatic carbocycles. The van der Waals surface area contributed by atoms with Crippen molar-refractivity contribution in [1.82, 2.24) is 0 Å². The van der Waals surface area contributed by atoms with Gasteiger partial charge < -0.3 is 14.6 Å². The molecule has 0 radical (unpaired) electrons. The minimum atomic E-state index is 0.0872. The highest BCUT2D eigenvalue weighted by Crippen LogP contribution is 2.09. The van der Waals surface area contributed by atoms with Gasteiger partial charge in [0, 0.05) is 0 Å². The summed E-state index contributed by atoms with van der Waals surface area (Å²) in [5.41, 5.74) is 0. The van der Waals surface area contributed by atoms with E-state index in [2.05, 4.69) is 20.8 Å². The first-order chi connectivity index (χ1) is 7.16. The van der Waals surface area contributed by atoms with Crippen LogP contribution in [-0.2, 0) is 9.47 Å². The van der Waals surface area contributed by atoms with Crippen LogP contribution in [0, 0.1) is 5.92 Å². The maximum Gasteiger partial charge on any atom is 0.0704 e. The number of hydrogen-bond acceptors (Lipinski definition) is 3. The molecule has 0 saturated heterocycles. The first-order valence-electron chi connectivity index (χ1n) is 5.97. The molecule has 1 atom stereocenters. The van der Waals surface area contributed by atoms with Gasteiger partial charge in [0.05, 0.1) is 32.5 Å². The fraction of sp³-hybridized carbons (Fsp3) is 1.00. The SMILES string of the molecule is CC(C)CCCC(C)OCCOCCO. The molecule has 0 fully saturated rings. The number of aliphatic hydroxyl groups is 1. The average molecular weight is 218 g/mol. The van der Waals surface area contributed by atoms with E-state index in [9.17, 15) is 0 Å². The zero-order valence-electron chi connectivity index (χ0n) is 10.4. The predicted molar refractivity (Wildman–Crippen MR) is 62.0 cm³/mol. The molecular formula is C12H26O3. The molecule has 0 saturated carbocycles. The molecule has 0 amide bonds. The first kappa shape index (κ1) is 14.9. The lowest BCUT2D eigenvalue weighted by Crippen LogP contribution is -2.14. The Bertz CT molecular complexity index is 126. The molecule has 1 unspecified atom stereocenters. The quantitative estimate of drug-likeness (QED) is 0.571. The normalized spacial score (nSPS) is 13.4.